The van der Waals surface area contributed by atoms with Crippen LogP contribution in [-0.2, 0) is 9.47 Å². The van der Waals surface area contributed by atoms with Gasteiger partial charge in [0.1, 0.15) is 24.4 Å². The lowest BCUT2D eigenvalue weighted by Crippen LogP contribution is -2.55. The maximum absolute atomic E-state index is 10.00. The number of hydrogen-bond donors (Lipinski definition) is 3. The van der Waals surface area contributed by atoms with Crippen molar-refractivity contribution in [3.63, 3.8) is 0 Å². The largest absolute Gasteiger partial charge is 0.394 e. The topological polar surface area (TPSA) is 79.2 Å². The molecular formula is C24H46O5. The first kappa shape index (κ1) is 26.6. The molecule has 0 radical (unpaired) electrons. The zero-order chi connectivity index (χ0) is 21.2. The highest BCUT2D eigenvalue weighted by atomic mass is 16.6. The maximum Gasteiger partial charge on any atom is 0.114 e. The lowest BCUT2D eigenvalue weighted by Gasteiger charge is -2.37. The average Bonchev–Trinajstić information content (AvgIpc) is 2.73. The van der Waals surface area contributed by atoms with E-state index in [1.54, 1.807) is 0 Å². The quantitative estimate of drug-likeness (QED) is 0.227. The van der Waals surface area contributed by atoms with Gasteiger partial charge in [0.05, 0.1) is 13.2 Å². The van der Waals surface area contributed by atoms with Crippen LogP contribution in [0, 0.1) is 0 Å². The Morgan fingerprint density at radius 3 is 1.97 bits per heavy atom. The van der Waals surface area contributed by atoms with Crippen LogP contribution in [0.1, 0.15) is 96.8 Å². The Kier molecular flexibility index (Phi) is 16.8. The molecule has 4 atom stereocenters. The van der Waals surface area contributed by atoms with Crippen LogP contribution in [0.2, 0.25) is 0 Å². The Labute approximate surface area is 178 Å². The van der Waals surface area contributed by atoms with E-state index in [0.717, 1.165) is 19.3 Å². The second kappa shape index (κ2) is 18.3. The monoisotopic (exact) mass is 414 g/mol. The number of aliphatic hydroxyl groups is 3. The van der Waals surface area contributed by atoms with E-state index < -0.39 is 24.4 Å². The summed E-state index contributed by atoms with van der Waals surface area (Å²) in [7, 11) is 0. The lowest BCUT2D eigenvalue weighted by molar-refractivity contribution is -0.211. The van der Waals surface area contributed by atoms with Gasteiger partial charge in [-0.3, -0.25) is 0 Å². The van der Waals surface area contributed by atoms with Gasteiger partial charge in [-0.1, -0.05) is 76.9 Å². The molecule has 1 heterocycles. The van der Waals surface area contributed by atoms with Crippen molar-refractivity contribution in [2.24, 2.45) is 0 Å². The Hall–Kier alpha value is -0.460. The number of allylic oxidation sites excluding steroid dienone is 2. The van der Waals surface area contributed by atoms with Gasteiger partial charge in [0.15, 0.2) is 0 Å². The van der Waals surface area contributed by atoms with Crippen LogP contribution in [0.15, 0.2) is 12.2 Å². The maximum atomic E-state index is 10.00. The smallest absolute Gasteiger partial charge is 0.114 e. The molecule has 0 spiro atoms. The number of hydrogen-bond acceptors (Lipinski definition) is 5. The summed E-state index contributed by atoms with van der Waals surface area (Å²) in [5.41, 5.74) is 0. The molecular weight excluding hydrogens is 368 g/mol. The molecule has 0 saturated carbocycles. The minimum absolute atomic E-state index is 0.0378. The van der Waals surface area contributed by atoms with Gasteiger partial charge in [-0.05, 0) is 32.1 Å². The van der Waals surface area contributed by atoms with Gasteiger partial charge in [0.2, 0.25) is 0 Å². The van der Waals surface area contributed by atoms with Crippen LogP contribution in [-0.4, -0.2) is 59.6 Å². The Balaban J connectivity index is 1.89. The summed E-state index contributed by atoms with van der Waals surface area (Å²) >= 11 is 0. The molecule has 1 saturated heterocycles. The summed E-state index contributed by atoms with van der Waals surface area (Å²) in [6, 6.07) is 0. The standard InChI is InChI=1S/C24H46O5/c1-2-3-4-5-6-7-8-9-10-11-12-13-14-15-16-17-18-28-24-22(19-25)29-20-21(26)23(24)27/h13-14,21-27H,2-12,15-20H2,1H3/b14-13+/t21-,22+,23+,24+/m0/s1. The first-order valence-corrected chi connectivity index (χ1v) is 12.1. The molecule has 3 N–H and O–H groups in total. The van der Waals surface area contributed by atoms with Crippen molar-refractivity contribution < 1.29 is 24.8 Å². The molecule has 0 unspecified atom stereocenters. The van der Waals surface area contributed by atoms with Gasteiger partial charge in [0.25, 0.3) is 0 Å². The molecule has 172 valence electrons. The Morgan fingerprint density at radius 1 is 0.828 bits per heavy atom. The summed E-state index contributed by atoms with van der Waals surface area (Å²) in [5, 5.41) is 29.0. The zero-order valence-corrected chi connectivity index (χ0v) is 18.6. The Morgan fingerprint density at radius 2 is 1.38 bits per heavy atom. The van der Waals surface area contributed by atoms with Crippen LogP contribution in [0.25, 0.3) is 0 Å². The van der Waals surface area contributed by atoms with Crippen LogP contribution in [0.4, 0.5) is 0 Å². The molecule has 1 fully saturated rings. The van der Waals surface area contributed by atoms with Gasteiger partial charge >= 0.3 is 0 Å². The minimum atomic E-state index is -0.998. The second-order valence-corrected chi connectivity index (χ2v) is 8.39. The van der Waals surface area contributed by atoms with Crippen molar-refractivity contribution >= 4 is 0 Å². The van der Waals surface area contributed by atoms with Crippen molar-refractivity contribution in [2.45, 2.75) is 121 Å². The fourth-order valence-corrected chi connectivity index (χ4v) is 3.79. The van der Waals surface area contributed by atoms with E-state index in [1.807, 2.05) is 0 Å². The van der Waals surface area contributed by atoms with Gasteiger partial charge < -0.3 is 24.8 Å². The summed E-state index contributed by atoms with van der Waals surface area (Å²) in [4.78, 5) is 0. The fourth-order valence-electron chi connectivity index (χ4n) is 3.79. The summed E-state index contributed by atoms with van der Waals surface area (Å²) in [6.07, 6.45) is 19.3. The van der Waals surface area contributed by atoms with Crippen LogP contribution in [0.3, 0.4) is 0 Å². The molecule has 0 aliphatic carbocycles. The predicted molar refractivity (Wildman–Crippen MR) is 118 cm³/mol. The van der Waals surface area contributed by atoms with E-state index in [-0.39, 0.29) is 13.2 Å². The van der Waals surface area contributed by atoms with Crippen molar-refractivity contribution in [1.82, 2.24) is 0 Å². The SMILES string of the molecule is CCCCCCCCCCCC/C=C/CCCCO[C@H]1[C@H](O)[C@@H](O)CO[C@@H]1CO. The second-order valence-electron chi connectivity index (χ2n) is 8.39. The molecule has 0 aromatic carbocycles. The molecule has 0 aromatic heterocycles. The fraction of sp³-hybridized carbons (Fsp3) is 0.917. The highest BCUT2D eigenvalue weighted by Gasteiger charge is 2.39. The minimum Gasteiger partial charge on any atom is -0.394 e. The highest BCUT2D eigenvalue weighted by molar-refractivity contribution is 4.87. The molecule has 1 rings (SSSR count). The molecule has 5 heteroatoms. The number of unbranched alkanes of at least 4 members (excludes halogenated alkanes) is 12. The first-order valence-electron chi connectivity index (χ1n) is 12.1. The number of rotatable bonds is 18. The first-order chi connectivity index (χ1) is 14.2. The molecule has 5 nitrogen and oxygen atoms in total. The highest BCUT2D eigenvalue weighted by Crippen LogP contribution is 2.19. The molecule has 0 amide bonds. The molecule has 29 heavy (non-hydrogen) atoms. The summed E-state index contributed by atoms with van der Waals surface area (Å²) in [6.45, 7) is 2.59. The normalized spacial score (nSPS) is 25.1. The van der Waals surface area contributed by atoms with Crippen LogP contribution in [0.5, 0.6) is 0 Å². The van der Waals surface area contributed by atoms with Crippen LogP contribution < -0.4 is 0 Å². The van der Waals surface area contributed by atoms with Gasteiger partial charge in [-0.15, -0.1) is 0 Å². The van der Waals surface area contributed by atoms with E-state index in [2.05, 4.69) is 19.1 Å². The average molecular weight is 415 g/mol. The van der Waals surface area contributed by atoms with Gasteiger partial charge in [-0.25, -0.2) is 0 Å². The zero-order valence-electron chi connectivity index (χ0n) is 18.6. The van der Waals surface area contributed by atoms with Gasteiger partial charge in [0, 0.05) is 6.61 Å². The van der Waals surface area contributed by atoms with Crippen molar-refractivity contribution in [3.8, 4) is 0 Å². The molecule has 0 bridgehead atoms. The molecule has 1 aliphatic heterocycles. The predicted octanol–water partition coefficient (Wildman–Crippen LogP) is 4.52. The molecule has 1 aliphatic rings. The van der Waals surface area contributed by atoms with Crippen molar-refractivity contribution in [3.05, 3.63) is 12.2 Å². The van der Waals surface area contributed by atoms with E-state index in [0.29, 0.717) is 6.61 Å². The number of ether oxygens (including phenoxy) is 2. The lowest BCUT2D eigenvalue weighted by atomic mass is 10.0. The van der Waals surface area contributed by atoms with E-state index in [4.69, 9.17) is 9.47 Å². The third kappa shape index (κ3) is 12.7. The van der Waals surface area contributed by atoms with Gasteiger partial charge in [-0.2, -0.15) is 0 Å². The van der Waals surface area contributed by atoms with E-state index in [9.17, 15) is 15.3 Å². The summed E-state index contributed by atoms with van der Waals surface area (Å²) in [5.74, 6) is 0. The van der Waals surface area contributed by atoms with E-state index in [1.165, 1.54) is 70.6 Å². The third-order valence-electron chi connectivity index (χ3n) is 5.72. The van der Waals surface area contributed by atoms with Crippen molar-refractivity contribution in [2.75, 3.05) is 19.8 Å². The summed E-state index contributed by atoms with van der Waals surface area (Å²) < 4.78 is 11.0. The van der Waals surface area contributed by atoms with E-state index >= 15 is 0 Å². The molecule has 0 aromatic rings. The van der Waals surface area contributed by atoms with Crippen molar-refractivity contribution in [1.29, 1.82) is 0 Å². The third-order valence-corrected chi connectivity index (χ3v) is 5.72. The van der Waals surface area contributed by atoms with Crippen LogP contribution >= 0.6 is 0 Å². The Bertz CT molecular complexity index is 385. The number of aliphatic hydroxyl groups excluding tert-OH is 3.